The Kier molecular flexibility index (Phi) is 5.72. The van der Waals surface area contributed by atoms with Gasteiger partial charge in [0.2, 0.25) is 0 Å². The molecule has 0 aliphatic carbocycles. The van der Waals surface area contributed by atoms with Gasteiger partial charge in [-0.05, 0) is 55.5 Å². The first-order valence-electron chi connectivity index (χ1n) is 8.94. The summed E-state index contributed by atoms with van der Waals surface area (Å²) < 4.78 is 6.50. The van der Waals surface area contributed by atoms with Gasteiger partial charge in [-0.25, -0.2) is 4.98 Å². The van der Waals surface area contributed by atoms with Gasteiger partial charge in [0.15, 0.2) is 0 Å². The van der Waals surface area contributed by atoms with Crippen LogP contribution < -0.4 is 10.1 Å². The molecule has 0 aliphatic rings. The van der Waals surface area contributed by atoms with E-state index >= 15 is 0 Å². The van der Waals surface area contributed by atoms with Crippen LogP contribution in [0.4, 0.5) is 5.69 Å². The van der Waals surface area contributed by atoms with Gasteiger partial charge in [0, 0.05) is 16.8 Å². The second kappa shape index (κ2) is 8.41. The lowest BCUT2D eigenvalue weighted by Crippen LogP contribution is -2.12. The molecule has 0 atom stereocenters. The average molecular weight is 443 g/mol. The van der Waals surface area contributed by atoms with Crippen molar-refractivity contribution in [3.63, 3.8) is 0 Å². The van der Waals surface area contributed by atoms with E-state index in [1.54, 1.807) is 41.7 Å². The molecule has 4 nitrogen and oxygen atoms in total. The largest absolute Gasteiger partial charge is 0.492 e. The predicted molar refractivity (Wildman–Crippen MR) is 121 cm³/mol. The van der Waals surface area contributed by atoms with Crippen molar-refractivity contribution in [1.82, 2.24) is 4.98 Å². The van der Waals surface area contributed by atoms with E-state index in [0.29, 0.717) is 33.7 Å². The highest BCUT2D eigenvalue weighted by atomic mass is 35.5. The number of fused-ring (bicyclic) bond motifs is 1. The summed E-state index contributed by atoms with van der Waals surface area (Å²) in [6.07, 6.45) is 0. The monoisotopic (exact) mass is 442 g/mol. The summed E-state index contributed by atoms with van der Waals surface area (Å²) in [6, 6.07) is 18.3. The fraction of sp³-hybridized carbons (Fsp3) is 0.0909. The first-order chi connectivity index (χ1) is 14.0. The second-order valence-electron chi connectivity index (χ2n) is 6.21. The molecule has 0 fully saturated rings. The van der Waals surface area contributed by atoms with E-state index in [1.807, 2.05) is 37.3 Å². The third-order valence-corrected chi connectivity index (χ3v) is 5.92. The summed E-state index contributed by atoms with van der Waals surface area (Å²) in [6.45, 7) is 2.38. The van der Waals surface area contributed by atoms with Crippen LogP contribution >= 0.6 is 34.5 Å². The number of nitrogens with zero attached hydrogens (tertiary/aromatic N) is 1. The van der Waals surface area contributed by atoms with Crippen LogP contribution in [0.15, 0.2) is 60.7 Å². The molecule has 1 heterocycles. The maximum atomic E-state index is 12.6. The van der Waals surface area contributed by atoms with E-state index in [-0.39, 0.29) is 5.91 Å². The van der Waals surface area contributed by atoms with Crippen molar-refractivity contribution in [2.75, 3.05) is 11.9 Å². The number of anilines is 1. The SMILES string of the molecule is CCOc1ccc(C(=O)Nc2ccc(-c3nc4ccccc4s3)c(Cl)c2)cc1Cl. The molecule has 1 aromatic heterocycles. The number of nitrogens with one attached hydrogen (secondary N) is 1. The van der Waals surface area contributed by atoms with Crippen LogP contribution in [0.2, 0.25) is 10.0 Å². The average Bonchev–Trinajstić information content (AvgIpc) is 3.13. The lowest BCUT2D eigenvalue weighted by Gasteiger charge is -2.10. The molecule has 0 radical (unpaired) electrons. The van der Waals surface area contributed by atoms with Gasteiger partial charge in [-0.1, -0.05) is 35.3 Å². The third-order valence-electron chi connectivity index (χ3n) is 4.25. The zero-order chi connectivity index (χ0) is 20.4. The van der Waals surface area contributed by atoms with Crippen molar-refractivity contribution in [2.45, 2.75) is 6.92 Å². The number of aromatic nitrogens is 1. The molecule has 4 rings (SSSR count). The second-order valence-corrected chi connectivity index (χ2v) is 8.06. The number of para-hydroxylation sites is 1. The minimum Gasteiger partial charge on any atom is -0.492 e. The van der Waals surface area contributed by atoms with Crippen molar-refractivity contribution < 1.29 is 9.53 Å². The molecule has 4 aromatic rings. The fourth-order valence-corrected chi connectivity index (χ4v) is 4.44. The molecule has 7 heteroatoms. The highest BCUT2D eigenvalue weighted by Gasteiger charge is 2.13. The molecular formula is C22H16Cl2N2O2S. The van der Waals surface area contributed by atoms with E-state index in [1.165, 1.54) is 0 Å². The number of hydrogen-bond donors (Lipinski definition) is 1. The lowest BCUT2D eigenvalue weighted by atomic mass is 10.1. The Hall–Kier alpha value is -2.60. The number of thiazole rings is 1. The topological polar surface area (TPSA) is 51.2 Å². The molecule has 0 bridgehead atoms. The number of rotatable bonds is 5. The number of carbonyl (C=O) groups is 1. The standard InChI is InChI=1S/C22H16Cl2N2O2S/c1-2-28-19-10-7-13(11-17(19)24)21(27)25-14-8-9-15(16(23)12-14)22-26-18-5-3-4-6-20(18)29-22/h3-12H,2H2,1H3,(H,25,27). The summed E-state index contributed by atoms with van der Waals surface area (Å²) in [4.78, 5) is 17.2. The van der Waals surface area contributed by atoms with Crippen LogP contribution in [0.25, 0.3) is 20.8 Å². The molecule has 29 heavy (non-hydrogen) atoms. The molecule has 0 saturated carbocycles. The van der Waals surface area contributed by atoms with E-state index < -0.39 is 0 Å². The molecule has 3 aromatic carbocycles. The first-order valence-corrected chi connectivity index (χ1v) is 10.5. The minimum atomic E-state index is -0.279. The Labute approximate surface area is 182 Å². The van der Waals surface area contributed by atoms with Crippen molar-refractivity contribution in [3.8, 4) is 16.3 Å². The Morgan fingerprint density at radius 2 is 1.90 bits per heavy atom. The van der Waals surface area contributed by atoms with Gasteiger partial charge in [-0.2, -0.15) is 0 Å². The molecular weight excluding hydrogens is 427 g/mol. The molecule has 146 valence electrons. The number of benzene rings is 3. The van der Waals surface area contributed by atoms with Crippen LogP contribution in [0, 0.1) is 0 Å². The summed E-state index contributed by atoms with van der Waals surface area (Å²) in [7, 11) is 0. The van der Waals surface area contributed by atoms with Gasteiger partial charge in [-0.15, -0.1) is 11.3 Å². The molecule has 0 saturated heterocycles. The first kappa shape index (κ1) is 19.7. The number of amides is 1. The van der Waals surface area contributed by atoms with Crippen LogP contribution in [-0.2, 0) is 0 Å². The van der Waals surface area contributed by atoms with Crippen LogP contribution in [0.1, 0.15) is 17.3 Å². The Morgan fingerprint density at radius 1 is 1.07 bits per heavy atom. The van der Waals surface area contributed by atoms with Crippen LogP contribution in [0.5, 0.6) is 5.75 Å². The molecule has 1 amide bonds. The summed E-state index contributed by atoms with van der Waals surface area (Å²) in [5, 5.41) is 4.60. The Morgan fingerprint density at radius 3 is 2.62 bits per heavy atom. The van der Waals surface area contributed by atoms with Gasteiger partial charge in [0.1, 0.15) is 10.8 Å². The third kappa shape index (κ3) is 4.22. The van der Waals surface area contributed by atoms with E-state index in [0.717, 1.165) is 20.8 Å². The molecule has 0 unspecified atom stereocenters. The van der Waals surface area contributed by atoms with Crippen molar-refractivity contribution >= 4 is 56.3 Å². The lowest BCUT2D eigenvalue weighted by molar-refractivity contribution is 0.102. The number of carbonyl (C=O) groups excluding carboxylic acids is 1. The summed E-state index contributed by atoms with van der Waals surface area (Å²) >= 11 is 14.2. The summed E-state index contributed by atoms with van der Waals surface area (Å²) in [5.74, 6) is 0.271. The number of hydrogen-bond acceptors (Lipinski definition) is 4. The van der Waals surface area contributed by atoms with Crippen molar-refractivity contribution in [1.29, 1.82) is 0 Å². The van der Waals surface area contributed by atoms with Gasteiger partial charge >= 0.3 is 0 Å². The van der Waals surface area contributed by atoms with Crippen LogP contribution in [0.3, 0.4) is 0 Å². The normalized spacial score (nSPS) is 10.9. The smallest absolute Gasteiger partial charge is 0.255 e. The fourth-order valence-electron chi connectivity index (χ4n) is 2.87. The molecule has 1 N–H and O–H groups in total. The zero-order valence-corrected chi connectivity index (χ0v) is 17.7. The maximum absolute atomic E-state index is 12.6. The molecule has 0 spiro atoms. The quantitative estimate of drug-likeness (QED) is 0.364. The Bertz CT molecular complexity index is 1170. The van der Waals surface area contributed by atoms with Crippen molar-refractivity contribution in [2.24, 2.45) is 0 Å². The van der Waals surface area contributed by atoms with Gasteiger partial charge in [0.05, 0.1) is 26.9 Å². The van der Waals surface area contributed by atoms with Gasteiger partial charge < -0.3 is 10.1 Å². The van der Waals surface area contributed by atoms with Gasteiger partial charge in [0.25, 0.3) is 5.91 Å². The summed E-state index contributed by atoms with van der Waals surface area (Å²) in [5.41, 5.74) is 2.79. The van der Waals surface area contributed by atoms with Crippen molar-refractivity contribution in [3.05, 3.63) is 76.3 Å². The highest BCUT2D eigenvalue weighted by molar-refractivity contribution is 7.21. The molecule has 0 aliphatic heterocycles. The Balaban J connectivity index is 1.55. The van der Waals surface area contributed by atoms with Crippen LogP contribution in [-0.4, -0.2) is 17.5 Å². The number of halogens is 2. The maximum Gasteiger partial charge on any atom is 0.255 e. The predicted octanol–water partition coefficient (Wildman–Crippen LogP) is 6.92. The highest BCUT2D eigenvalue weighted by Crippen LogP contribution is 2.35. The van der Waals surface area contributed by atoms with E-state index in [4.69, 9.17) is 27.9 Å². The van der Waals surface area contributed by atoms with E-state index in [9.17, 15) is 4.79 Å². The van der Waals surface area contributed by atoms with E-state index in [2.05, 4.69) is 10.3 Å². The van der Waals surface area contributed by atoms with Gasteiger partial charge in [-0.3, -0.25) is 4.79 Å². The zero-order valence-electron chi connectivity index (χ0n) is 15.4. The number of ether oxygens (including phenoxy) is 1. The minimum absolute atomic E-state index is 0.279.